The van der Waals surface area contributed by atoms with Crippen LogP contribution in [0.4, 0.5) is 10.6 Å². The first-order chi connectivity index (χ1) is 15.6. The van der Waals surface area contributed by atoms with E-state index in [4.69, 9.17) is 10.5 Å². The summed E-state index contributed by atoms with van der Waals surface area (Å²) in [5.74, 6) is 0.790. The number of carbonyl (C=O) groups excluding carboxylic acids is 1. The van der Waals surface area contributed by atoms with Crippen molar-refractivity contribution < 1.29 is 14.6 Å². The Morgan fingerprint density at radius 2 is 1.94 bits per heavy atom. The lowest BCUT2D eigenvalue weighted by atomic mass is 9.56. The summed E-state index contributed by atoms with van der Waals surface area (Å²) in [6.45, 7) is 7.14. The Morgan fingerprint density at radius 1 is 1.21 bits per heavy atom. The van der Waals surface area contributed by atoms with Gasteiger partial charge in [0.2, 0.25) is 0 Å². The number of anilines is 1. The quantitative estimate of drug-likeness (QED) is 0.626. The van der Waals surface area contributed by atoms with Crippen molar-refractivity contribution in [3.8, 4) is 22.7 Å². The summed E-state index contributed by atoms with van der Waals surface area (Å²) in [7, 11) is 0. The lowest BCUT2D eigenvalue weighted by Crippen LogP contribution is -2.63. The average molecular weight is 449 g/mol. The van der Waals surface area contributed by atoms with Gasteiger partial charge in [0.25, 0.3) is 0 Å². The number of nitrogens with two attached hydrogens (primary N) is 1. The molecule has 1 spiro atoms. The van der Waals surface area contributed by atoms with E-state index in [0.717, 1.165) is 31.5 Å². The second-order valence-electron chi connectivity index (χ2n) is 10.2. The van der Waals surface area contributed by atoms with Crippen molar-refractivity contribution in [1.29, 1.82) is 0 Å². The maximum atomic E-state index is 12.2. The number of amides is 1. The zero-order valence-electron chi connectivity index (χ0n) is 19.0. The van der Waals surface area contributed by atoms with Crippen LogP contribution < -0.4 is 5.73 Å². The molecular weight excluding hydrogens is 420 g/mol. The predicted octanol–water partition coefficient (Wildman–Crippen LogP) is 3.73. The SMILES string of the molecule is CC(C)(C)OC(=O)N1CC2(CC(c3cnn(-c4cc(-c5ccccc5O)nnc4N)c3)C2)C1. The predicted molar refractivity (Wildman–Crippen MR) is 123 cm³/mol. The van der Waals surface area contributed by atoms with E-state index in [0.29, 0.717) is 22.9 Å². The molecular formula is C24H28N6O3. The van der Waals surface area contributed by atoms with E-state index < -0.39 is 5.60 Å². The van der Waals surface area contributed by atoms with Crippen LogP contribution in [0, 0.1) is 5.41 Å². The third kappa shape index (κ3) is 3.99. The molecule has 9 nitrogen and oxygen atoms in total. The third-order valence-electron chi connectivity index (χ3n) is 6.37. The van der Waals surface area contributed by atoms with Crippen LogP contribution in [-0.4, -0.2) is 54.8 Å². The van der Waals surface area contributed by atoms with Gasteiger partial charge in [-0.05, 0) is 63.3 Å². The summed E-state index contributed by atoms with van der Waals surface area (Å²) in [4.78, 5) is 14.0. The standard InChI is InChI=1S/C24H28N6O3/c1-23(2,3)33-22(32)29-13-24(14-29)9-15(10-24)16-11-26-30(12-16)19-8-18(27-28-21(19)25)17-6-4-5-7-20(17)31/h4-8,11-12,15,31H,9-10,13-14H2,1-3H3,(H2,25,28). The van der Waals surface area contributed by atoms with Gasteiger partial charge in [0, 0.05) is 30.3 Å². The highest BCUT2D eigenvalue weighted by atomic mass is 16.6. The fourth-order valence-corrected chi connectivity index (χ4v) is 4.77. The summed E-state index contributed by atoms with van der Waals surface area (Å²) >= 11 is 0. The molecule has 3 aromatic rings. The highest BCUT2D eigenvalue weighted by Crippen LogP contribution is 2.56. The van der Waals surface area contributed by atoms with Crippen molar-refractivity contribution in [2.45, 2.75) is 45.1 Å². The van der Waals surface area contributed by atoms with Crippen LogP contribution in [0.25, 0.3) is 16.9 Å². The van der Waals surface area contributed by atoms with Crippen molar-refractivity contribution in [2.24, 2.45) is 5.41 Å². The van der Waals surface area contributed by atoms with Crippen LogP contribution in [0.5, 0.6) is 5.75 Å². The van der Waals surface area contributed by atoms with Gasteiger partial charge in [-0.1, -0.05) is 12.1 Å². The van der Waals surface area contributed by atoms with E-state index in [1.807, 2.05) is 39.2 Å². The molecule has 0 radical (unpaired) electrons. The number of nitrogens with zero attached hydrogens (tertiary/aromatic N) is 5. The third-order valence-corrected chi connectivity index (χ3v) is 6.37. The molecule has 1 saturated carbocycles. The molecule has 2 aromatic heterocycles. The van der Waals surface area contributed by atoms with E-state index in [9.17, 15) is 9.90 Å². The van der Waals surface area contributed by atoms with E-state index in [1.165, 1.54) is 0 Å². The lowest BCUT2D eigenvalue weighted by Gasteiger charge is -2.58. The Morgan fingerprint density at radius 3 is 2.64 bits per heavy atom. The number of hydrogen-bond donors (Lipinski definition) is 2. The minimum Gasteiger partial charge on any atom is -0.507 e. The van der Waals surface area contributed by atoms with Crippen LogP contribution in [0.1, 0.15) is 45.1 Å². The zero-order chi connectivity index (χ0) is 23.4. The van der Waals surface area contributed by atoms with E-state index in [1.54, 1.807) is 33.8 Å². The number of benzene rings is 1. The van der Waals surface area contributed by atoms with Gasteiger partial charge >= 0.3 is 6.09 Å². The summed E-state index contributed by atoms with van der Waals surface area (Å²) in [6.07, 6.45) is 5.65. The van der Waals surface area contributed by atoms with Crippen LogP contribution in [0.2, 0.25) is 0 Å². The fraction of sp³-hybridized carbons (Fsp3) is 0.417. The van der Waals surface area contributed by atoms with Crippen LogP contribution in [0.15, 0.2) is 42.7 Å². The van der Waals surface area contributed by atoms with Crippen molar-refractivity contribution in [3.05, 3.63) is 48.3 Å². The Kier molecular flexibility index (Phi) is 4.81. The normalized spacial score (nSPS) is 17.5. The number of hydrogen-bond acceptors (Lipinski definition) is 7. The second-order valence-corrected chi connectivity index (χ2v) is 10.2. The molecule has 0 bridgehead atoms. The first-order valence-electron chi connectivity index (χ1n) is 11.1. The van der Waals surface area contributed by atoms with Crippen LogP contribution in [-0.2, 0) is 4.74 Å². The van der Waals surface area contributed by atoms with Crippen molar-refractivity contribution in [3.63, 3.8) is 0 Å². The number of rotatable bonds is 3. The minimum absolute atomic E-state index is 0.129. The van der Waals surface area contributed by atoms with Gasteiger partial charge in [0.1, 0.15) is 17.0 Å². The monoisotopic (exact) mass is 448 g/mol. The zero-order valence-corrected chi connectivity index (χ0v) is 19.0. The Labute approximate surface area is 192 Å². The molecule has 172 valence electrons. The molecule has 1 amide bonds. The number of ether oxygens (including phenoxy) is 1. The molecule has 5 rings (SSSR count). The molecule has 2 aliphatic rings. The summed E-state index contributed by atoms with van der Waals surface area (Å²) < 4.78 is 7.17. The fourth-order valence-electron chi connectivity index (χ4n) is 4.77. The second kappa shape index (κ2) is 7.47. The average Bonchev–Trinajstić information content (AvgIpc) is 3.15. The van der Waals surface area contributed by atoms with Gasteiger partial charge in [-0.2, -0.15) is 5.10 Å². The number of phenols is 1. The Balaban J connectivity index is 1.26. The number of carbonyl (C=O) groups is 1. The van der Waals surface area contributed by atoms with Gasteiger partial charge < -0.3 is 20.5 Å². The highest BCUT2D eigenvalue weighted by molar-refractivity contribution is 5.70. The largest absolute Gasteiger partial charge is 0.507 e. The molecule has 3 heterocycles. The van der Waals surface area contributed by atoms with Crippen molar-refractivity contribution in [1.82, 2.24) is 24.9 Å². The number of likely N-dealkylation sites (tertiary alicyclic amines) is 1. The molecule has 1 aromatic carbocycles. The molecule has 33 heavy (non-hydrogen) atoms. The number of aromatic nitrogens is 4. The van der Waals surface area contributed by atoms with Gasteiger partial charge in [0.05, 0.1) is 11.9 Å². The maximum Gasteiger partial charge on any atom is 0.410 e. The van der Waals surface area contributed by atoms with Crippen LogP contribution >= 0.6 is 0 Å². The minimum atomic E-state index is -0.473. The molecule has 0 unspecified atom stereocenters. The first kappa shape index (κ1) is 21.2. The molecule has 3 N–H and O–H groups in total. The van der Waals surface area contributed by atoms with E-state index in [2.05, 4.69) is 15.3 Å². The molecule has 1 aliphatic carbocycles. The van der Waals surface area contributed by atoms with Crippen molar-refractivity contribution >= 4 is 11.9 Å². The number of phenolic OH excluding ortho intramolecular Hbond substituents is 1. The van der Waals surface area contributed by atoms with E-state index in [-0.39, 0.29) is 23.1 Å². The lowest BCUT2D eigenvalue weighted by molar-refractivity contribution is -0.0786. The topological polar surface area (TPSA) is 119 Å². The van der Waals surface area contributed by atoms with Crippen LogP contribution in [0.3, 0.4) is 0 Å². The van der Waals surface area contributed by atoms with E-state index >= 15 is 0 Å². The molecule has 0 atom stereocenters. The Hall–Kier alpha value is -3.62. The summed E-state index contributed by atoms with van der Waals surface area (Å²) in [6, 6.07) is 8.75. The summed E-state index contributed by atoms with van der Waals surface area (Å²) in [5, 5.41) is 22.8. The van der Waals surface area contributed by atoms with Gasteiger partial charge in [-0.3, -0.25) is 0 Å². The number of para-hydroxylation sites is 1. The van der Waals surface area contributed by atoms with Crippen molar-refractivity contribution in [2.75, 3.05) is 18.8 Å². The summed E-state index contributed by atoms with van der Waals surface area (Å²) in [5.41, 5.74) is 8.66. The molecule has 1 saturated heterocycles. The van der Waals surface area contributed by atoms with Gasteiger partial charge in [0.15, 0.2) is 5.82 Å². The smallest absolute Gasteiger partial charge is 0.410 e. The van der Waals surface area contributed by atoms with Gasteiger partial charge in [-0.15, -0.1) is 10.2 Å². The Bertz CT molecular complexity index is 1200. The molecule has 2 fully saturated rings. The number of aromatic hydroxyl groups is 1. The number of nitrogen functional groups attached to an aromatic ring is 1. The first-order valence-corrected chi connectivity index (χ1v) is 11.1. The highest BCUT2D eigenvalue weighted by Gasteiger charge is 2.54. The molecule has 1 aliphatic heterocycles. The maximum absolute atomic E-state index is 12.2. The molecule has 9 heteroatoms. The van der Waals surface area contributed by atoms with Gasteiger partial charge in [-0.25, -0.2) is 9.48 Å².